The van der Waals surface area contributed by atoms with Crippen molar-refractivity contribution in [1.29, 1.82) is 0 Å². The second-order valence-corrected chi connectivity index (χ2v) is 5.86. The van der Waals surface area contributed by atoms with Crippen LogP contribution in [0.15, 0.2) is 51.6 Å². The molecular formula is C17H12BrNO4. The maximum Gasteiger partial charge on any atom is 0.340 e. The predicted octanol–water partition coefficient (Wildman–Crippen LogP) is 3.94. The summed E-state index contributed by atoms with van der Waals surface area (Å²) in [6.45, 7) is 1.42. The molecule has 0 saturated carbocycles. The number of esters is 1. The highest BCUT2D eigenvalue weighted by atomic mass is 79.9. The minimum absolute atomic E-state index is 0.214. The molecule has 3 aromatic rings. The molecule has 0 aliphatic heterocycles. The molecule has 0 atom stereocenters. The number of hydrogen-bond donors (Lipinski definition) is 0. The third-order valence-corrected chi connectivity index (χ3v) is 3.81. The van der Waals surface area contributed by atoms with E-state index in [0.29, 0.717) is 10.1 Å². The highest BCUT2D eigenvalue weighted by molar-refractivity contribution is 9.10. The quantitative estimate of drug-likeness (QED) is 0.511. The van der Waals surface area contributed by atoms with E-state index in [1.165, 1.54) is 6.20 Å². The molecule has 0 saturated heterocycles. The molecular weight excluding hydrogens is 362 g/mol. The van der Waals surface area contributed by atoms with E-state index in [9.17, 15) is 9.59 Å². The van der Waals surface area contributed by atoms with Crippen molar-refractivity contribution >= 4 is 38.7 Å². The van der Waals surface area contributed by atoms with Crippen LogP contribution in [0.4, 0.5) is 0 Å². The zero-order valence-electron chi connectivity index (χ0n) is 12.2. The summed E-state index contributed by atoms with van der Waals surface area (Å²) in [5.74, 6) is -0.776. The number of halogens is 1. The van der Waals surface area contributed by atoms with Crippen molar-refractivity contribution in [2.24, 2.45) is 0 Å². The van der Waals surface area contributed by atoms with Crippen molar-refractivity contribution in [3.05, 3.63) is 64.1 Å². The Balaban J connectivity index is 1.74. The van der Waals surface area contributed by atoms with Crippen molar-refractivity contribution in [2.75, 3.05) is 6.61 Å². The molecule has 0 aliphatic carbocycles. The van der Waals surface area contributed by atoms with Crippen molar-refractivity contribution in [3.63, 3.8) is 0 Å². The van der Waals surface area contributed by atoms with E-state index in [1.54, 1.807) is 25.3 Å². The van der Waals surface area contributed by atoms with E-state index in [2.05, 4.69) is 20.9 Å². The highest BCUT2D eigenvalue weighted by Crippen LogP contribution is 2.25. The highest BCUT2D eigenvalue weighted by Gasteiger charge is 2.19. The van der Waals surface area contributed by atoms with E-state index in [1.807, 2.05) is 18.2 Å². The first kappa shape index (κ1) is 15.4. The van der Waals surface area contributed by atoms with Crippen LogP contribution in [-0.2, 0) is 4.74 Å². The smallest absolute Gasteiger partial charge is 0.340 e. The van der Waals surface area contributed by atoms with E-state index in [0.717, 1.165) is 10.9 Å². The Morgan fingerprint density at radius 3 is 2.78 bits per heavy atom. The van der Waals surface area contributed by atoms with E-state index < -0.39 is 5.97 Å². The largest absolute Gasteiger partial charge is 0.454 e. The van der Waals surface area contributed by atoms with E-state index >= 15 is 0 Å². The van der Waals surface area contributed by atoms with Gasteiger partial charge in [0.05, 0.1) is 5.56 Å². The van der Waals surface area contributed by atoms with Crippen molar-refractivity contribution in [2.45, 2.75) is 6.92 Å². The van der Waals surface area contributed by atoms with Gasteiger partial charge in [0.15, 0.2) is 12.4 Å². The fraction of sp³-hybridized carbons (Fsp3) is 0.118. The van der Waals surface area contributed by atoms with Gasteiger partial charge >= 0.3 is 5.97 Å². The van der Waals surface area contributed by atoms with Crippen LogP contribution in [-0.4, -0.2) is 23.3 Å². The van der Waals surface area contributed by atoms with Gasteiger partial charge < -0.3 is 9.15 Å². The number of aromatic nitrogens is 1. The lowest BCUT2D eigenvalue weighted by Crippen LogP contribution is -2.14. The van der Waals surface area contributed by atoms with Crippen LogP contribution in [0.25, 0.3) is 11.0 Å². The summed E-state index contributed by atoms with van der Waals surface area (Å²) in [5.41, 5.74) is 1.65. The van der Waals surface area contributed by atoms with Gasteiger partial charge in [-0.15, -0.1) is 0 Å². The minimum atomic E-state index is -0.610. The standard InChI is InChI=1S/C17H12BrNO4/c1-10-13-4-2-3-5-15(13)23-16(10)14(20)9-22-17(21)11-6-12(18)8-19-7-11/h2-8H,9H2,1H3. The molecule has 0 spiro atoms. The van der Waals surface area contributed by atoms with Gasteiger partial charge in [-0.3, -0.25) is 9.78 Å². The van der Waals surface area contributed by atoms with Gasteiger partial charge in [-0.25, -0.2) is 4.79 Å². The number of hydrogen-bond acceptors (Lipinski definition) is 5. The fourth-order valence-electron chi connectivity index (χ4n) is 2.24. The van der Waals surface area contributed by atoms with Gasteiger partial charge in [0.2, 0.25) is 5.78 Å². The second-order valence-electron chi connectivity index (χ2n) is 4.94. The fourth-order valence-corrected chi connectivity index (χ4v) is 2.61. The molecule has 1 aromatic carbocycles. The lowest BCUT2D eigenvalue weighted by Gasteiger charge is -2.03. The summed E-state index contributed by atoms with van der Waals surface area (Å²) in [4.78, 5) is 28.0. The van der Waals surface area contributed by atoms with Crippen molar-refractivity contribution in [1.82, 2.24) is 4.98 Å². The molecule has 0 radical (unpaired) electrons. The van der Waals surface area contributed by atoms with Crippen LogP contribution in [0.2, 0.25) is 0 Å². The predicted molar refractivity (Wildman–Crippen MR) is 87.5 cm³/mol. The summed E-state index contributed by atoms with van der Waals surface area (Å²) < 4.78 is 11.3. The summed E-state index contributed by atoms with van der Waals surface area (Å²) in [7, 11) is 0. The Labute approximate surface area is 140 Å². The molecule has 0 N–H and O–H groups in total. The number of aryl methyl sites for hydroxylation is 1. The monoisotopic (exact) mass is 373 g/mol. The van der Waals surface area contributed by atoms with Gasteiger partial charge in [0, 0.05) is 27.8 Å². The first-order valence-corrected chi connectivity index (χ1v) is 7.64. The van der Waals surface area contributed by atoms with Crippen molar-refractivity contribution in [3.8, 4) is 0 Å². The SMILES string of the molecule is Cc1c(C(=O)COC(=O)c2cncc(Br)c2)oc2ccccc12. The summed E-state index contributed by atoms with van der Waals surface area (Å²) >= 11 is 3.22. The van der Waals surface area contributed by atoms with Crippen molar-refractivity contribution < 1.29 is 18.7 Å². The summed E-state index contributed by atoms with van der Waals surface area (Å²) in [6, 6.07) is 8.95. The number of para-hydroxylation sites is 1. The molecule has 0 aliphatic rings. The van der Waals surface area contributed by atoms with Gasteiger partial charge in [-0.1, -0.05) is 18.2 Å². The molecule has 0 bridgehead atoms. The Morgan fingerprint density at radius 2 is 2.04 bits per heavy atom. The lowest BCUT2D eigenvalue weighted by molar-refractivity contribution is 0.0467. The number of ether oxygens (including phenoxy) is 1. The van der Waals surface area contributed by atoms with Crippen LogP contribution >= 0.6 is 15.9 Å². The number of furan rings is 1. The second kappa shape index (κ2) is 6.34. The third-order valence-electron chi connectivity index (χ3n) is 3.37. The van der Waals surface area contributed by atoms with Gasteiger partial charge in [-0.2, -0.15) is 0 Å². The Morgan fingerprint density at radius 1 is 1.26 bits per heavy atom. The molecule has 2 heterocycles. The van der Waals surface area contributed by atoms with E-state index in [4.69, 9.17) is 9.15 Å². The van der Waals surface area contributed by atoms with Crippen LogP contribution in [0, 0.1) is 6.92 Å². The molecule has 3 rings (SSSR count). The topological polar surface area (TPSA) is 69.4 Å². The van der Waals surface area contributed by atoms with Crippen LogP contribution < -0.4 is 0 Å². The number of benzene rings is 1. The normalized spacial score (nSPS) is 10.7. The van der Waals surface area contributed by atoms with Crippen LogP contribution in [0.5, 0.6) is 0 Å². The number of ketones is 1. The number of pyridine rings is 1. The number of rotatable bonds is 4. The van der Waals surface area contributed by atoms with Crippen LogP contribution in [0.1, 0.15) is 26.5 Å². The zero-order chi connectivity index (χ0) is 16.4. The number of fused-ring (bicyclic) bond motifs is 1. The Hall–Kier alpha value is -2.47. The number of carbonyl (C=O) groups is 2. The Kier molecular flexibility index (Phi) is 4.25. The zero-order valence-corrected chi connectivity index (χ0v) is 13.8. The average Bonchev–Trinajstić information content (AvgIpc) is 2.90. The minimum Gasteiger partial charge on any atom is -0.454 e. The number of carbonyl (C=O) groups excluding carboxylic acids is 2. The molecule has 5 nitrogen and oxygen atoms in total. The molecule has 0 amide bonds. The Bertz CT molecular complexity index is 900. The molecule has 6 heteroatoms. The number of Topliss-reactive ketones (excluding diaryl/α,β-unsaturated/α-hetero) is 1. The van der Waals surface area contributed by atoms with Gasteiger partial charge in [-0.05, 0) is 35.0 Å². The lowest BCUT2D eigenvalue weighted by atomic mass is 10.1. The van der Waals surface area contributed by atoms with Gasteiger partial charge in [0.1, 0.15) is 5.58 Å². The maximum atomic E-state index is 12.2. The van der Waals surface area contributed by atoms with Gasteiger partial charge in [0.25, 0.3) is 0 Å². The summed E-state index contributed by atoms with van der Waals surface area (Å²) in [5, 5.41) is 0.873. The maximum absolute atomic E-state index is 12.2. The first-order valence-electron chi connectivity index (χ1n) is 6.85. The molecule has 0 unspecified atom stereocenters. The third kappa shape index (κ3) is 3.17. The first-order chi connectivity index (χ1) is 11.1. The number of nitrogens with zero attached hydrogens (tertiary/aromatic N) is 1. The molecule has 116 valence electrons. The molecule has 2 aromatic heterocycles. The average molecular weight is 374 g/mol. The molecule has 0 fully saturated rings. The molecule has 23 heavy (non-hydrogen) atoms. The van der Waals surface area contributed by atoms with E-state index in [-0.39, 0.29) is 23.7 Å². The van der Waals surface area contributed by atoms with Crippen LogP contribution in [0.3, 0.4) is 0 Å². The summed E-state index contributed by atoms with van der Waals surface area (Å²) in [6.07, 6.45) is 2.93.